The van der Waals surface area contributed by atoms with Crippen LogP contribution in [0.3, 0.4) is 0 Å². The molecule has 2 bridgehead atoms. The van der Waals surface area contributed by atoms with Crippen molar-refractivity contribution in [1.82, 2.24) is 0 Å². The Morgan fingerprint density at radius 2 is 1.72 bits per heavy atom. The number of carbonyl (C=O) groups excluding carboxylic acids is 1. The van der Waals surface area contributed by atoms with Crippen molar-refractivity contribution in [2.24, 2.45) is 51.2 Å². The molecule has 32 heavy (non-hydrogen) atoms. The van der Waals surface area contributed by atoms with Gasteiger partial charge < -0.3 is 4.74 Å². The molecule has 1 saturated heterocycles. The Labute approximate surface area is 194 Å². The zero-order valence-corrected chi connectivity index (χ0v) is 21.1. The average Bonchev–Trinajstić information content (AvgIpc) is 2.96. The molecule has 9 unspecified atom stereocenters. The Morgan fingerprint density at radius 3 is 2.50 bits per heavy atom. The Balaban J connectivity index is 1.41. The Bertz CT molecular complexity index is 998. The minimum atomic E-state index is -0.254. The Hall–Kier alpha value is -1.05. The van der Waals surface area contributed by atoms with Crippen molar-refractivity contribution in [3.63, 3.8) is 0 Å². The second-order valence-corrected chi connectivity index (χ2v) is 14.2. The first kappa shape index (κ1) is 20.3. The number of esters is 1. The Kier molecular flexibility index (Phi) is 3.67. The molecule has 5 fully saturated rings. The zero-order valence-electron chi connectivity index (χ0n) is 21.1. The molecule has 2 spiro atoms. The van der Waals surface area contributed by atoms with Gasteiger partial charge in [0.2, 0.25) is 0 Å². The van der Waals surface area contributed by atoms with Crippen LogP contribution in [0.4, 0.5) is 0 Å². The summed E-state index contributed by atoms with van der Waals surface area (Å²) in [5.74, 6) is 3.38. The molecule has 2 heteroatoms. The van der Waals surface area contributed by atoms with Gasteiger partial charge in [-0.1, -0.05) is 50.0 Å². The molecule has 0 amide bonds. The number of fused-ring (bicyclic) bond motifs is 6. The number of hydrogen-bond donors (Lipinski definition) is 0. The highest BCUT2D eigenvalue weighted by Crippen LogP contribution is 2.83. The van der Waals surface area contributed by atoms with Crippen molar-refractivity contribution < 1.29 is 9.53 Å². The van der Waals surface area contributed by atoms with Crippen molar-refractivity contribution in [3.8, 4) is 0 Å². The molecule has 7 rings (SSSR count). The number of allylic oxidation sites excluding steroid dienone is 4. The Morgan fingerprint density at radius 1 is 0.969 bits per heavy atom. The minimum absolute atomic E-state index is 0.0717. The van der Waals surface area contributed by atoms with E-state index in [0.29, 0.717) is 29.1 Å². The summed E-state index contributed by atoms with van der Waals surface area (Å²) in [6.45, 7) is 14.8. The molecule has 174 valence electrons. The predicted molar refractivity (Wildman–Crippen MR) is 127 cm³/mol. The summed E-state index contributed by atoms with van der Waals surface area (Å²) in [6.07, 6.45) is 11.1. The third-order valence-corrected chi connectivity index (χ3v) is 12.9. The van der Waals surface area contributed by atoms with Crippen LogP contribution in [0.5, 0.6) is 0 Å². The highest BCUT2D eigenvalue weighted by molar-refractivity contribution is 5.84. The smallest absolute Gasteiger partial charge is 0.313 e. The molecule has 0 aromatic carbocycles. The summed E-state index contributed by atoms with van der Waals surface area (Å²) in [5.41, 5.74) is 7.32. The zero-order chi connectivity index (χ0) is 22.4. The van der Waals surface area contributed by atoms with Crippen LogP contribution >= 0.6 is 0 Å². The maximum Gasteiger partial charge on any atom is 0.313 e. The predicted octanol–water partition coefficient (Wildman–Crippen LogP) is 7.24. The van der Waals surface area contributed by atoms with E-state index in [-0.39, 0.29) is 28.3 Å². The van der Waals surface area contributed by atoms with E-state index >= 15 is 0 Å². The quantitative estimate of drug-likeness (QED) is 0.297. The number of rotatable bonds is 0. The van der Waals surface area contributed by atoms with Gasteiger partial charge in [0.15, 0.2) is 0 Å². The van der Waals surface area contributed by atoms with Gasteiger partial charge in [-0.3, -0.25) is 4.79 Å². The molecule has 0 radical (unpaired) electrons. The fourth-order valence-electron chi connectivity index (χ4n) is 11.3. The van der Waals surface area contributed by atoms with Gasteiger partial charge in [-0.2, -0.15) is 0 Å². The first-order valence-electron chi connectivity index (χ1n) is 13.7. The van der Waals surface area contributed by atoms with Gasteiger partial charge in [-0.05, 0) is 106 Å². The van der Waals surface area contributed by atoms with E-state index < -0.39 is 0 Å². The summed E-state index contributed by atoms with van der Waals surface area (Å²) in [4.78, 5) is 14.2. The molecule has 9 atom stereocenters. The largest absolute Gasteiger partial charge is 0.462 e. The lowest BCUT2D eigenvalue weighted by Crippen LogP contribution is -2.53. The number of ether oxygens (including phenoxy) is 1. The molecule has 0 aromatic rings. The number of hydrogen-bond acceptors (Lipinski definition) is 2. The summed E-state index contributed by atoms with van der Waals surface area (Å²) >= 11 is 0. The van der Waals surface area contributed by atoms with Crippen LogP contribution < -0.4 is 0 Å². The molecule has 6 aliphatic carbocycles. The third kappa shape index (κ3) is 1.98. The molecule has 2 nitrogen and oxygen atoms in total. The fourth-order valence-corrected chi connectivity index (χ4v) is 11.3. The van der Waals surface area contributed by atoms with Crippen molar-refractivity contribution in [1.29, 1.82) is 0 Å². The first-order valence-corrected chi connectivity index (χ1v) is 13.7. The number of carbonyl (C=O) groups is 1. The average molecular weight is 435 g/mol. The lowest BCUT2D eigenvalue weighted by Gasteiger charge is -2.54. The van der Waals surface area contributed by atoms with Crippen LogP contribution in [-0.2, 0) is 9.53 Å². The first-order chi connectivity index (χ1) is 15.1. The molecule has 1 aliphatic heterocycles. The van der Waals surface area contributed by atoms with E-state index in [0.717, 1.165) is 25.2 Å². The van der Waals surface area contributed by atoms with Crippen LogP contribution in [0, 0.1) is 51.2 Å². The maximum atomic E-state index is 14.2. The summed E-state index contributed by atoms with van der Waals surface area (Å²) < 4.78 is 6.49. The van der Waals surface area contributed by atoms with Crippen LogP contribution in [0.1, 0.15) is 99.3 Å². The maximum absolute atomic E-state index is 14.2. The van der Waals surface area contributed by atoms with E-state index in [4.69, 9.17) is 4.74 Å². The SMILES string of the molecule is CC1=C2CC3C(CC2(C)CCC1)OC(=O)C31CC2CC13C(=C2C)C1C(CCC3C)C1(C)C. The van der Waals surface area contributed by atoms with E-state index in [1.54, 1.807) is 22.3 Å². The van der Waals surface area contributed by atoms with Gasteiger partial charge in [0.1, 0.15) is 6.10 Å². The molecular formula is C30H42O2. The molecule has 4 saturated carbocycles. The molecule has 0 aromatic heterocycles. The molecular weight excluding hydrogens is 392 g/mol. The van der Waals surface area contributed by atoms with Gasteiger partial charge in [0, 0.05) is 11.3 Å². The van der Waals surface area contributed by atoms with E-state index in [2.05, 4.69) is 41.5 Å². The standard InChI is InChI=1S/C30H42O2/c1-16-8-7-11-28(6)15-23-22(12-21(16)28)30(26(31)32-23)14-19-13-29(30)17(2)9-10-20-25(27(20,4)5)24(29)18(19)3/h17,19-20,22-23,25H,7-15H2,1-6H3. The van der Waals surface area contributed by atoms with E-state index in [9.17, 15) is 4.79 Å². The van der Waals surface area contributed by atoms with Crippen LogP contribution in [0.25, 0.3) is 0 Å². The summed E-state index contributed by atoms with van der Waals surface area (Å²) in [7, 11) is 0. The van der Waals surface area contributed by atoms with Crippen LogP contribution in [0.2, 0.25) is 0 Å². The van der Waals surface area contributed by atoms with Crippen molar-refractivity contribution in [2.75, 3.05) is 0 Å². The van der Waals surface area contributed by atoms with Gasteiger partial charge in [0.25, 0.3) is 0 Å². The molecule has 0 N–H and O–H groups in total. The minimum Gasteiger partial charge on any atom is -0.462 e. The van der Waals surface area contributed by atoms with Gasteiger partial charge in [-0.25, -0.2) is 0 Å². The summed E-state index contributed by atoms with van der Waals surface area (Å²) in [6, 6.07) is 0. The van der Waals surface area contributed by atoms with Gasteiger partial charge in [-0.15, -0.1) is 0 Å². The highest BCUT2D eigenvalue weighted by Gasteiger charge is 2.80. The second kappa shape index (κ2) is 5.77. The molecule has 1 heterocycles. The van der Waals surface area contributed by atoms with Crippen LogP contribution in [0.15, 0.2) is 22.3 Å². The van der Waals surface area contributed by atoms with Gasteiger partial charge >= 0.3 is 5.97 Å². The highest BCUT2D eigenvalue weighted by atomic mass is 16.6. The topological polar surface area (TPSA) is 26.3 Å². The second-order valence-electron chi connectivity index (χ2n) is 14.2. The van der Waals surface area contributed by atoms with Crippen molar-refractivity contribution in [2.45, 2.75) is 105 Å². The fraction of sp³-hybridized carbons (Fsp3) is 0.833. The van der Waals surface area contributed by atoms with Gasteiger partial charge in [0.05, 0.1) is 5.41 Å². The van der Waals surface area contributed by atoms with Crippen molar-refractivity contribution >= 4 is 5.97 Å². The van der Waals surface area contributed by atoms with Crippen molar-refractivity contribution in [3.05, 3.63) is 22.3 Å². The lowest BCUT2D eigenvalue weighted by molar-refractivity contribution is -0.155. The normalized spacial score (nSPS) is 54.8. The lowest BCUT2D eigenvalue weighted by atomic mass is 9.46. The third-order valence-electron chi connectivity index (χ3n) is 12.9. The summed E-state index contributed by atoms with van der Waals surface area (Å²) in [5, 5.41) is 0. The van der Waals surface area contributed by atoms with E-state index in [1.165, 1.54) is 38.5 Å². The molecule has 7 aliphatic rings. The monoisotopic (exact) mass is 434 g/mol. The van der Waals surface area contributed by atoms with E-state index in [1.807, 2.05) is 0 Å². The van der Waals surface area contributed by atoms with Crippen LogP contribution in [-0.4, -0.2) is 12.1 Å².